The van der Waals surface area contributed by atoms with Gasteiger partial charge in [0.1, 0.15) is 5.78 Å². The highest BCUT2D eigenvalue weighted by Gasteiger charge is 2.33. The Morgan fingerprint density at radius 1 is 1.03 bits per heavy atom. The molecule has 35 heavy (non-hydrogen) atoms. The molecular formula is C28H22N4O2S. The van der Waals surface area contributed by atoms with Crippen LogP contribution in [-0.4, -0.2) is 41.2 Å². The van der Waals surface area contributed by atoms with Crippen LogP contribution in [0.3, 0.4) is 0 Å². The van der Waals surface area contributed by atoms with Gasteiger partial charge in [0.25, 0.3) is 5.37 Å². The molecular weight excluding hydrogens is 456 g/mol. The van der Waals surface area contributed by atoms with Gasteiger partial charge in [0.2, 0.25) is 0 Å². The van der Waals surface area contributed by atoms with E-state index in [4.69, 9.17) is 0 Å². The van der Waals surface area contributed by atoms with Gasteiger partial charge >= 0.3 is 6.03 Å². The summed E-state index contributed by atoms with van der Waals surface area (Å²) in [6.45, 7) is 0. The number of carbonyl (C=O) groups is 2. The molecule has 0 fully saturated rings. The lowest BCUT2D eigenvalue weighted by Crippen LogP contribution is -2.86. The number of hydrogen-bond donors (Lipinski definition) is 1. The van der Waals surface area contributed by atoms with Gasteiger partial charge in [0.05, 0.1) is 25.7 Å². The van der Waals surface area contributed by atoms with Crippen LogP contribution < -0.4 is 9.88 Å². The lowest BCUT2D eigenvalue weighted by Gasteiger charge is -2.12. The summed E-state index contributed by atoms with van der Waals surface area (Å²) in [6, 6.07) is 19.5. The van der Waals surface area contributed by atoms with Gasteiger partial charge in [-0.3, -0.25) is 4.90 Å². The SMILES string of the molecule is CN(C)C(=O)[n+]1cc(C(=O)[C-]2C=[S+][C-](c3cccnc3)[NH2+]2)c2ccc(C#Cc3ccccc3)c[c-]21. The molecule has 0 radical (unpaired) electrons. The minimum atomic E-state index is -0.233. The normalized spacial score (nSPS) is 12.5. The van der Waals surface area contributed by atoms with Crippen LogP contribution >= 0.6 is 0 Å². The number of benzene rings is 2. The van der Waals surface area contributed by atoms with Gasteiger partial charge in [-0.15, -0.1) is 18.2 Å². The van der Waals surface area contributed by atoms with E-state index in [9.17, 15) is 9.59 Å². The van der Waals surface area contributed by atoms with Crippen LogP contribution in [0.15, 0.2) is 79.3 Å². The Morgan fingerprint density at radius 2 is 1.83 bits per heavy atom. The second-order valence-corrected chi connectivity index (χ2v) is 9.12. The number of quaternary nitrogens is 1. The summed E-state index contributed by atoms with van der Waals surface area (Å²) in [5.41, 5.74) is 3.76. The van der Waals surface area contributed by atoms with E-state index < -0.39 is 0 Å². The Labute approximate surface area is 207 Å². The van der Waals surface area contributed by atoms with Crippen molar-refractivity contribution >= 4 is 39.4 Å². The van der Waals surface area contributed by atoms with Gasteiger partial charge in [-0.2, -0.15) is 0 Å². The number of fused-ring (bicyclic) bond motifs is 1. The van der Waals surface area contributed by atoms with E-state index >= 15 is 0 Å². The van der Waals surface area contributed by atoms with Crippen LogP contribution in [0.2, 0.25) is 0 Å². The topological polar surface area (TPSA) is 70.8 Å². The maximum atomic E-state index is 13.5. The van der Waals surface area contributed by atoms with Crippen molar-refractivity contribution in [3.63, 3.8) is 0 Å². The second-order valence-electron chi connectivity index (χ2n) is 8.21. The number of rotatable bonds is 3. The maximum Gasteiger partial charge on any atom is 0.441 e. The minimum Gasteiger partial charge on any atom is -0.345 e. The summed E-state index contributed by atoms with van der Waals surface area (Å²) in [6.07, 6.45) is 5.13. The molecule has 5 rings (SSSR count). The van der Waals surface area contributed by atoms with E-state index in [0.29, 0.717) is 22.5 Å². The standard InChI is InChI=1S/C28H22N4O2S/c1-31(2)28(34)32-17-23(26(33)24-18-35-27(30-24)21-9-6-14-29-16-21)22-13-12-20(15-25(22)32)11-10-19-7-4-3-5-8-19/h3-9,12-18H,30H2,1-2H3. The predicted octanol–water partition coefficient (Wildman–Crippen LogP) is 1.88. The third kappa shape index (κ3) is 4.53. The monoisotopic (exact) mass is 478 g/mol. The molecule has 0 spiro atoms. The summed E-state index contributed by atoms with van der Waals surface area (Å²) >= 11 is 1.49. The van der Waals surface area contributed by atoms with Gasteiger partial charge in [0, 0.05) is 11.8 Å². The van der Waals surface area contributed by atoms with Crippen molar-refractivity contribution in [1.82, 2.24) is 9.88 Å². The molecule has 7 heteroatoms. The minimum absolute atomic E-state index is 0.130. The molecule has 2 aromatic carbocycles. The molecule has 0 unspecified atom stereocenters. The van der Waals surface area contributed by atoms with Crippen LogP contribution in [0.4, 0.5) is 4.79 Å². The first-order valence-electron chi connectivity index (χ1n) is 11.0. The molecule has 6 nitrogen and oxygen atoms in total. The Hall–Kier alpha value is -4.38. The molecule has 0 atom stereocenters. The first kappa shape index (κ1) is 22.4. The number of pyridine rings is 1. The quantitative estimate of drug-likeness (QED) is 0.122. The zero-order valence-electron chi connectivity index (χ0n) is 19.2. The van der Waals surface area contributed by atoms with Crippen molar-refractivity contribution in [2.75, 3.05) is 14.1 Å². The van der Waals surface area contributed by atoms with Crippen molar-refractivity contribution < 1.29 is 19.5 Å². The first-order valence-corrected chi connectivity index (χ1v) is 11.9. The number of hydrogen-bond acceptors (Lipinski definition) is 3. The summed E-state index contributed by atoms with van der Waals surface area (Å²) < 4.78 is 1.52. The van der Waals surface area contributed by atoms with Crippen LogP contribution in [0.1, 0.15) is 27.0 Å². The van der Waals surface area contributed by atoms with Gasteiger partial charge in [0.15, 0.2) is 16.7 Å². The van der Waals surface area contributed by atoms with E-state index in [0.717, 1.165) is 22.1 Å². The number of ketones is 1. The van der Waals surface area contributed by atoms with E-state index in [-0.39, 0.29) is 11.8 Å². The van der Waals surface area contributed by atoms with E-state index in [1.54, 1.807) is 32.7 Å². The van der Waals surface area contributed by atoms with Gasteiger partial charge < -0.3 is 15.1 Å². The zero-order chi connectivity index (χ0) is 24.4. The lowest BCUT2D eigenvalue weighted by molar-refractivity contribution is -0.580. The molecule has 3 heterocycles. The Kier molecular flexibility index (Phi) is 6.06. The lowest BCUT2D eigenvalue weighted by atomic mass is 10.0. The molecule has 0 saturated heterocycles. The van der Waals surface area contributed by atoms with Crippen molar-refractivity contribution in [3.05, 3.63) is 113 Å². The van der Waals surface area contributed by atoms with Crippen molar-refractivity contribution in [2.24, 2.45) is 0 Å². The van der Waals surface area contributed by atoms with Gasteiger partial charge in [-0.25, -0.2) is 9.36 Å². The zero-order valence-corrected chi connectivity index (χ0v) is 20.0. The highest BCUT2D eigenvalue weighted by molar-refractivity contribution is 7.81. The molecule has 1 aliphatic rings. The van der Waals surface area contributed by atoms with Crippen molar-refractivity contribution in [2.45, 2.75) is 0 Å². The molecule has 2 aromatic heterocycles. The molecule has 2 N–H and O–H groups in total. The van der Waals surface area contributed by atoms with Gasteiger partial charge in [-0.1, -0.05) is 53.8 Å². The Bertz CT molecular complexity index is 1500. The number of amides is 1. The van der Waals surface area contributed by atoms with Crippen LogP contribution in [0.25, 0.3) is 10.9 Å². The van der Waals surface area contributed by atoms with Crippen molar-refractivity contribution in [1.29, 1.82) is 0 Å². The number of Topliss-reactive ketones (excluding diaryl/α,β-unsaturated/α-hetero) is 1. The molecule has 1 amide bonds. The smallest absolute Gasteiger partial charge is 0.345 e. The molecule has 0 aliphatic carbocycles. The summed E-state index contributed by atoms with van der Waals surface area (Å²) in [5.74, 6) is 6.18. The Balaban J connectivity index is 1.50. The van der Waals surface area contributed by atoms with Gasteiger partial charge in [-0.05, 0) is 35.0 Å². The average Bonchev–Trinajstić information content (AvgIpc) is 3.53. The fraction of sp³-hybridized carbons (Fsp3) is 0.0714. The summed E-state index contributed by atoms with van der Waals surface area (Å²) in [5, 5.41) is 5.40. The summed E-state index contributed by atoms with van der Waals surface area (Å²) in [7, 11) is 3.38. The fourth-order valence-corrected chi connectivity index (χ4v) is 4.68. The van der Waals surface area contributed by atoms with E-state index in [1.807, 2.05) is 71.3 Å². The second kappa shape index (κ2) is 9.47. The molecule has 172 valence electrons. The number of nitrogens with two attached hydrogens (primary N) is 1. The molecule has 0 bridgehead atoms. The largest absolute Gasteiger partial charge is 0.441 e. The van der Waals surface area contributed by atoms with Crippen LogP contribution in [0.5, 0.6) is 0 Å². The van der Waals surface area contributed by atoms with Crippen LogP contribution in [0, 0.1) is 23.3 Å². The van der Waals surface area contributed by atoms with E-state index in [2.05, 4.69) is 16.8 Å². The fourth-order valence-electron chi connectivity index (χ4n) is 3.80. The predicted molar refractivity (Wildman–Crippen MR) is 136 cm³/mol. The molecule has 4 aromatic rings. The molecule has 0 saturated carbocycles. The number of carbonyl (C=O) groups excluding carboxylic acids is 2. The van der Waals surface area contributed by atoms with Crippen LogP contribution in [-0.2, 0) is 11.4 Å². The van der Waals surface area contributed by atoms with Crippen molar-refractivity contribution in [3.8, 4) is 11.8 Å². The summed E-state index contributed by atoms with van der Waals surface area (Å²) in [4.78, 5) is 32.1. The van der Waals surface area contributed by atoms with E-state index in [1.165, 1.54) is 20.8 Å². The third-order valence-corrected chi connectivity index (χ3v) is 6.55. The maximum absolute atomic E-state index is 13.5. The average molecular weight is 479 g/mol. The first-order chi connectivity index (χ1) is 17.0. The Morgan fingerprint density at radius 3 is 2.57 bits per heavy atom. The molecule has 1 aliphatic heterocycles. The number of aromatic nitrogens is 2. The highest BCUT2D eigenvalue weighted by atomic mass is 32.1. The third-order valence-electron chi connectivity index (χ3n) is 5.57. The highest BCUT2D eigenvalue weighted by Crippen LogP contribution is 2.22. The number of nitrogens with zero attached hydrogens (tertiary/aromatic N) is 3.